The largest absolute Gasteiger partial charge is 0.396 e. The molecule has 3 nitrogen and oxygen atoms in total. The number of aliphatic hydroxyl groups excluding tert-OH is 1. The molecule has 0 spiro atoms. The molecule has 1 heterocycles. The number of carbonyl (C=O) groups is 1. The van der Waals surface area contributed by atoms with E-state index in [1.807, 2.05) is 17.9 Å². The Kier molecular flexibility index (Phi) is 5.60. The van der Waals surface area contributed by atoms with E-state index in [4.69, 9.17) is 5.11 Å². The number of benzene rings is 1. The van der Waals surface area contributed by atoms with Crippen molar-refractivity contribution in [3.8, 4) is 0 Å². The molecule has 0 aliphatic carbocycles. The van der Waals surface area contributed by atoms with Crippen molar-refractivity contribution < 1.29 is 9.90 Å². The van der Waals surface area contributed by atoms with Crippen LogP contribution in [0.1, 0.15) is 31.7 Å². The fraction of sp³-hybridized carbons (Fsp3) is 0.588. The van der Waals surface area contributed by atoms with Gasteiger partial charge in [-0.2, -0.15) is 0 Å². The van der Waals surface area contributed by atoms with Crippen molar-refractivity contribution in [3.63, 3.8) is 0 Å². The van der Waals surface area contributed by atoms with Crippen LogP contribution in [0.2, 0.25) is 0 Å². The maximum Gasteiger partial charge on any atom is 0.225 e. The summed E-state index contributed by atoms with van der Waals surface area (Å²) < 4.78 is 0. The highest BCUT2D eigenvalue weighted by molar-refractivity contribution is 5.78. The van der Waals surface area contributed by atoms with Gasteiger partial charge in [0.2, 0.25) is 5.91 Å². The zero-order chi connectivity index (χ0) is 14.4. The van der Waals surface area contributed by atoms with E-state index in [0.717, 1.165) is 38.8 Å². The Morgan fingerprint density at radius 1 is 1.40 bits per heavy atom. The van der Waals surface area contributed by atoms with Crippen LogP contribution in [0.4, 0.5) is 0 Å². The number of nitrogens with zero attached hydrogens (tertiary/aromatic N) is 1. The van der Waals surface area contributed by atoms with Gasteiger partial charge >= 0.3 is 0 Å². The van der Waals surface area contributed by atoms with Gasteiger partial charge in [0.15, 0.2) is 0 Å². The third kappa shape index (κ3) is 4.07. The van der Waals surface area contributed by atoms with Gasteiger partial charge in [-0.25, -0.2) is 0 Å². The van der Waals surface area contributed by atoms with E-state index in [0.29, 0.717) is 0 Å². The van der Waals surface area contributed by atoms with Crippen LogP contribution in [-0.2, 0) is 11.2 Å². The summed E-state index contributed by atoms with van der Waals surface area (Å²) in [7, 11) is 0. The van der Waals surface area contributed by atoms with Gasteiger partial charge in [-0.3, -0.25) is 4.79 Å². The molecule has 1 N–H and O–H groups in total. The molecule has 1 aromatic carbocycles. The summed E-state index contributed by atoms with van der Waals surface area (Å²) in [4.78, 5) is 14.2. The number of aliphatic hydroxyl groups is 1. The van der Waals surface area contributed by atoms with Crippen molar-refractivity contribution >= 4 is 5.91 Å². The molecule has 1 aromatic rings. The number of carbonyl (C=O) groups excluding carboxylic acids is 1. The van der Waals surface area contributed by atoms with Crippen molar-refractivity contribution in [3.05, 3.63) is 35.9 Å². The van der Waals surface area contributed by atoms with Gasteiger partial charge < -0.3 is 10.0 Å². The molecule has 2 unspecified atom stereocenters. The van der Waals surface area contributed by atoms with Crippen LogP contribution in [0.5, 0.6) is 0 Å². The van der Waals surface area contributed by atoms with Crippen LogP contribution >= 0.6 is 0 Å². The second kappa shape index (κ2) is 7.44. The molecule has 0 aromatic heterocycles. The Morgan fingerprint density at radius 2 is 2.15 bits per heavy atom. The summed E-state index contributed by atoms with van der Waals surface area (Å²) in [6.07, 6.45) is 3.97. The summed E-state index contributed by atoms with van der Waals surface area (Å²) >= 11 is 0. The van der Waals surface area contributed by atoms with Gasteiger partial charge in [0.05, 0.1) is 0 Å². The molecule has 1 aliphatic rings. The fourth-order valence-electron chi connectivity index (χ4n) is 2.87. The van der Waals surface area contributed by atoms with E-state index in [1.165, 1.54) is 5.56 Å². The Hall–Kier alpha value is -1.35. The molecule has 1 saturated heterocycles. The van der Waals surface area contributed by atoms with Crippen LogP contribution in [0, 0.1) is 11.8 Å². The quantitative estimate of drug-likeness (QED) is 0.866. The van der Waals surface area contributed by atoms with Crippen LogP contribution in [-0.4, -0.2) is 35.6 Å². The van der Waals surface area contributed by atoms with Gasteiger partial charge in [-0.15, -0.1) is 0 Å². The molecular formula is C17H25NO2. The first kappa shape index (κ1) is 15.0. The highest BCUT2D eigenvalue weighted by Crippen LogP contribution is 2.20. The molecule has 2 atom stereocenters. The topological polar surface area (TPSA) is 40.5 Å². The lowest BCUT2D eigenvalue weighted by molar-refractivity contribution is -0.134. The van der Waals surface area contributed by atoms with Crippen molar-refractivity contribution in [2.75, 3.05) is 19.7 Å². The zero-order valence-corrected chi connectivity index (χ0v) is 12.3. The smallest absolute Gasteiger partial charge is 0.225 e. The van der Waals surface area contributed by atoms with E-state index in [1.54, 1.807) is 0 Å². The zero-order valence-electron chi connectivity index (χ0n) is 12.3. The molecule has 3 heteroatoms. The van der Waals surface area contributed by atoms with E-state index in [9.17, 15) is 4.79 Å². The average Bonchev–Trinajstić information content (AvgIpc) is 2.96. The molecule has 20 heavy (non-hydrogen) atoms. The second-order valence-electron chi connectivity index (χ2n) is 5.90. The number of aryl methyl sites for hydroxylation is 1. The molecule has 1 amide bonds. The number of hydrogen-bond donors (Lipinski definition) is 1. The molecule has 2 rings (SSSR count). The Bertz CT molecular complexity index is 418. The maximum absolute atomic E-state index is 12.3. The Balaban J connectivity index is 1.72. The lowest BCUT2D eigenvalue weighted by Crippen LogP contribution is -2.33. The van der Waals surface area contributed by atoms with Gasteiger partial charge in [-0.05, 0) is 31.2 Å². The van der Waals surface area contributed by atoms with E-state index in [2.05, 4.69) is 24.3 Å². The molecule has 1 fully saturated rings. The standard InChI is InChI=1S/C17H25NO2/c1-14(6-5-9-15-7-3-2-4-8-15)17(20)18-11-10-16(12-18)13-19/h2-4,7-8,14,16,19H,5-6,9-13H2,1H3. The monoisotopic (exact) mass is 275 g/mol. The molecular weight excluding hydrogens is 250 g/mol. The van der Waals surface area contributed by atoms with Crippen molar-refractivity contribution in [2.45, 2.75) is 32.6 Å². The van der Waals surface area contributed by atoms with Crippen molar-refractivity contribution in [1.29, 1.82) is 0 Å². The number of rotatable bonds is 6. The normalized spacial score (nSPS) is 20.1. The third-order valence-electron chi connectivity index (χ3n) is 4.22. The lowest BCUT2D eigenvalue weighted by Gasteiger charge is -2.20. The first-order chi connectivity index (χ1) is 9.70. The summed E-state index contributed by atoms with van der Waals surface area (Å²) in [5, 5.41) is 9.13. The van der Waals surface area contributed by atoms with Crippen molar-refractivity contribution in [2.24, 2.45) is 11.8 Å². The Morgan fingerprint density at radius 3 is 2.80 bits per heavy atom. The fourth-order valence-corrected chi connectivity index (χ4v) is 2.87. The number of likely N-dealkylation sites (tertiary alicyclic amines) is 1. The van der Waals surface area contributed by atoms with Gasteiger partial charge in [-0.1, -0.05) is 37.3 Å². The highest BCUT2D eigenvalue weighted by Gasteiger charge is 2.28. The van der Waals surface area contributed by atoms with Crippen molar-refractivity contribution in [1.82, 2.24) is 4.90 Å². The minimum Gasteiger partial charge on any atom is -0.396 e. The minimum atomic E-state index is 0.0937. The molecule has 1 aliphatic heterocycles. The predicted molar refractivity (Wildman–Crippen MR) is 80.3 cm³/mol. The first-order valence-corrected chi connectivity index (χ1v) is 7.64. The van der Waals surface area contributed by atoms with E-state index >= 15 is 0 Å². The minimum absolute atomic E-state index is 0.0937. The van der Waals surface area contributed by atoms with Gasteiger partial charge in [0, 0.05) is 31.5 Å². The Labute approximate surface area is 121 Å². The van der Waals surface area contributed by atoms with Crippen LogP contribution in [0.15, 0.2) is 30.3 Å². The van der Waals surface area contributed by atoms with E-state index in [-0.39, 0.29) is 24.3 Å². The molecule has 0 bridgehead atoms. The van der Waals surface area contributed by atoms with Crippen LogP contribution in [0.3, 0.4) is 0 Å². The number of amides is 1. The summed E-state index contributed by atoms with van der Waals surface area (Å²) in [5.74, 6) is 0.639. The number of hydrogen-bond acceptors (Lipinski definition) is 2. The van der Waals surface area contributed by atoms with Gasteiger partial charge in [0.1, 0.15) is 0 Å². The van der Waals surface area contributed by atoms with Crippen LogP contribution < -0.4 is 0 Å². The highest BCUT2D eigenvalue weighted by atomic mass is 16.3. The summed E-state index contributed by atoms with van der Waals surface area (Å²) in [5.41, 5.74) is 1.34. The third-order valence-corrected chi connectivity index (χ3v) is 4.22. The first-order valence-electron chi connectivity index (χ1n) is 7.64. The van der Waals surface area contributed by atoms with Crippen LogP contribution in [0.25, 0.3) is 0 Å². The lowest BCUT2D eigenvalue weighted by atomic mass is 10.00. The maximum atomic E-state index is 12.3. The second-order valence-corrected chi connectivity index (χ2v) is 5.90. The summed E-state index contributed by atoms with van der Waals surface area (Å²) in [6, 6.07) is 10.4. The molecule has 0 radical (unpaired) electrons. The molecule has 0 saturated carbocycles. The van der Waals surface area contributed by atoms with Gasteiger partial charge in [0.25, 0.3) is 0 Å². The van der Waals surface area contributed by atoms with E-state index < -0.39 is 0 Å². The SMILES string of the molecule is CC(CCCc1ccccc1)C(=O)N1CCC(CO)C1. The molecule has 110 valence electrons. The predicted octanol–water partition coefficient (Wildman–Crippen LogP) is 2.49. The average molecular weight is 275 g/mol. The summed E-state index contributed by atoms with van der Waals surface area (Å²) in [6.45, 7) is 3.78.